The number of hydrogen-bond donors (Lipinski definition) is 2. The van der Waals surface area contributed by atoms with E-state index in [1.54, 1.807) is 0 Å². The van der Waals surface area contributed by atoms with Crippen LogP contribution in [-0.4, -0.2) is 47.7 Å². The highest BCUT2D eigenvalue weighted by Crippen LogP contribution is 2.14. The van der Waals surface area contributed by atoms with Crippen molar-refractivity contribution in [3.05, 3.63) is 35.9 Å². The molecule has 1 aromatic carbocycles. The number of piperazine rings is 1. The van der Waals surface area contributed by atoms with E-state index in [2.05, 4.69) is 41.4 Å². The molecule has 0 radical (unpaired) electrons. The van der Waals surface area contributed by atoms with Crippen molar-refractivity contribution in [3.63, 3.8) is 0 Å². The van der Waals surface area contributed by atoms with Crippen LogP contribution in [0.25, 0.3) is 0 Å². The van der Waals surface area contributed by atoms with Crippen molar-refractivity contribution in [2.75, 3.05) is 19.6 Å². The molecule has 1 aromatic rings. The number of carboxylic acid groups (broad SMARTS) is 1. The number of benzene rings is 1. The second kappa shape index (κ2) is 8.15. The third-order valence-electron chi connectivity index (χ3n) is 4.17. The van der Waals surface area contributed by atoms with E-state index in [-0.39, 0.29) is 6.04 Å². The molecule has 2 atom stereocenters. The number of nitrogens with one attached hydrogen (secondary N) is 1. The molecule has 2 unspecified atom stereocenters. The summed E-state index contributed by atoms with van der Waals surface area (Å²) in [7, 11) is 0. The lowest BCUT2D eigenvalue weighted by atomic mass is 10.0. The van der Waals surface area contributed by atoms with Crippen LogP contribution in [0.3, 0.4) is 0 Å². The summed E-state index contributed by atoms with van der Waals surface area (Å²) in [5.41, 5.74) is 1.30. The Morgan fingerprint density at radius 1 is 1.43 bits per heavy atom. The molecule has 1 fully saturated rings. The number of aliphatic carboxylic acids is 1. The van der Waals surface area contributed by atoms with Gasteiger partial charge in [-0.15, -0.1) is 0 Å². The first-order valence-corrected chi connectivity index (χ1v) is 7.95. The predicted octanol–water partition coefficient (Wildman–Crippen LogP) is 2.15. The van der Waals surface area contributed by atoms with E-state index in [1.165, 1.54) is 5.56 Å². The molecule has 0 aliphatic carbocycles. The number of unbranched alkanes of at least 4 members (excludes halogenated alkanes) is 1. The maximum atomic E-state index is 11.5. The highest BCUT2D eigenvalue weighted by molar-refractivity contribution is 5.73. The molecule has 1 aliphatic rings. The summed E-state index contributed by atoms with van der Waals surface area (Å²) in [6.45, 7) is 4.61. The SMILES string of the molecule is CCCCC(C(=O)O)N1CCNC(Cc2ccccc2)C1. The zero-order valence-electron chi connectivity index (χ0n) is 12.8. The van der Waals surface area contributed by atoms with Crippen LogP contribution in [0, 0.1) is 0 Å². The fraction of sp³-hybridized carbons (Fsp3) is 0.588. The van der Waals surface area contributed by atoms with Gasteiger partial charge in [0, 0.05) is 25.7 Å². The van der Waals surface area contributed by atoms with Gasteiger partial charge in [0.1, 0.15) is 6.04 Å². The maximum absolute atomic E-state index is 11.5. The first-order valence-electron chi connectivity index (χ1n) is 7.95. The van der Waals surface area contributed by atoms with Gasteiger partial charge in [0.2, 0.25) is 0 Å². The first kappa shape index (κ1) is 16.0. The monoisotopic (exact) mass is 290 g/mol. The quantitative estimate of drug-likeness (QED) is 0.808. The van der Waals surface area contributed by atoms with Crippen molar-refractivity contribution in [2.45, 2.75) is 44.7 Å². The summed E-state index contributed by atoms with van der Waals surface area (Å²) in [6, 6.07) is 10.4. The number of carboxylic acids is 1. The second-order valence-corrected chi connectivity index (χ2v) is 5.83. The molecule has 21 heavy (non-hydrogen) atoms. The normalized spacial score (nSPS) is 21.1. The molecule has 1 saturated heterocycles. The highest BCUT2D eigenvalue weighted by Gasteiger charge is 2.29. The van der Waals surface area contributed by atoms with Gasteiger partial charge >= 0.3 is 5.97 Å². The molecule has 0 spiro atoms. The Balaban J connectivity index is 1.94. The summed E-state index contributed by atoms with van der Waals surface area (Å²) < 4.78 is 0. The molecule has 1 aliphatic heterocycles. The minimum Gasteiger partial charge on any atom is -0.480 e. The van der Waals surface area contributed by atoms with E-state index in [1.807, 2.05) is 6.07 Å². The number of carbonyl (C=O) groups is 1. The Labute approximate surface area is 127 Å². The molecule has 0 saturated carbocycles. The summed E-state index contributed by atoms with van der Waals surface area (Å²) in [5.74, 6) is -0.677. The molecule has 2 N–H and O–H groups in total. The van der Waals surface area contributed by atoms with Crippen molar-refractivity contribution in [2.24, 2.45) is 0 Å². The Hall–Kier alpha value is -1.39. The zero-order chi connectivity index (χ0) is 15.1. The number of nitrogens with zero attached hydrogens (tertiary/aromatic N) is 1. The molecular formula is C17H26N2O2. The van der Waals surface area contributed by atoms with Crippen molar-refractivity contribution >= 4 is 5.97 Å². The van der Waals surface area contributed by atoms with Gasteiger partial charge < -0.3 is 10.4 Å². The van der Waals surface area contributed by atoms with Gasteiger partial charge in [0.05, 0.1) is 0 Å². The van der Waals surface area contributed by atoms with Gasteiger partial charge in [-0.3, -0.25) is 9.69 Å². The average molecular weight is 290 g/mol. The summed E-state index contributed by atoms with van der Waals surface area (Å²) in [6.07, 6.45) is 3.73. The van der Waals surface area contributed by atoms with Crippen molar-refractivity contribution < 1.29 is 9.90 Å². The van der Waals surface area contributed by atoms with E-state index in [9.17, 15) is 9.90 Å². The summed E-state index contributed by atoms with van der Waals surface area (Å²) in [5, 5.41) is 13.0. The lowest BCUT2D eigenvalue weighted by Crippen LogP contribution is -2.56. The van der Waals surface area contributed by atoms with Gasteiger partial charge in [-0.05, 0) is 18.4 Å². The molecule has 0 bridgehead atoms. The lowest BCUT2D eigenvalue weighted by molar-refractivity contribution is -0.144. The average Bonchev–Trinajstić information content (AvgIpc) is 2.49. The molecule has 4 nitrogen and oxygen atoms in total. The smallest absolute Gasteiger partial charge is 0.320 e. The summed E-state index contributed by atoms with van der Waals surface area (Å²) in [4.78, 5) is 13.6. The van der Waals surface area contributed by atoms with Crippen LogP contribution < -0.4 is 5.32 Å². The van der Waals surface area contributed by atoms with Crippen LogP contribution in [0.4, 0.5) is 0 Å². The standard InChI is InChI=1S/C17H26N2O2/c1-2-3-9-16(17(20)21)19-11-10-18-15(13-19)12-14-7-5-4-6-8-14/h4-8,15-16,18H,2-3,9-13H2,1H3,(H,20,21). The molecule has 4 heteroatoms. The topological polar surface area (TPSA) is 52.6 Å². The van der Waals surface area contributed by atoms with E-state index >= 15 is 0 Å². The molecule has 0 amide bonds. The number of rotatable bonds is 7. The fourth-order valence-electron chi connectivity index (χ4n) is 3.03. The molecule has 2 rings (SSSR count). The maximum Gasteiger partial charge on any atom is 0.320 e. The Morgan fingerprint density at radius 3 is 2.86 bits per heavy atom. The number of hydrogen-bond acceptors (Lipinski definition) is 3. The third-order valence-corrected chi connectivity index (χ3v) is 4.17. The van der Waals surface area contributed by atoms with Crippen LogP contribution in [-0.2, 0) is 11.2 Å². The molecule has 0 aromatic heterocycles. The van der Waals surface area contributed by atoms with Crippen LogP contribution in [0.15, 0.2) is 30.3 Å². The highest BCUT2D eigenvalue weighted by atomic mass is 16.4. The van der Waals surface area contributed by atoms with Crippen molar-refractivity contribution in [1.82, 2.24) is 10.2 Å². The lowest BCUT2D eigenvalue weighted by Gasteiger charge is -2.37. The Bertz CT molecular complexity index is 436. The molecule has 1 heterocycles. The van der Waals surface area contributed by atoms with Crippen LogP contribution in [0.5, 0.6) is 0 Å². The van der Waals surface area contributed by atoms with Gasteiger partial charge in [0.15, 0.2) is 0 Å². The third kappa shape index (κ3) is 4.83. The predicted molar refractivity (Wildman–Crippen MR) is 84.5 cm³/mol. The zero-order valence-corrected chi connectivity index (χ0v) is 12.8. The Morgan fingerprint density at radius 2 is 2.19 bits per heavy atom. The molecular weight excluding hydrogens is 264 g/mol. The Kier molecular flexibility index (Phi) is 6.21. The van der Waals surface area contributed by atoms with Gasteiger partial charge in [-0.1, -0.05) is 50.1 Å². The van der Waals surface area contributed by atoms with Crippen LogP contribution >= 0.6 is 0 Å². The van der Waals surface area contributed by atoms with Crippen molar-refractivity contribution in [3.8, 4) is 0 Å². The van der Waals surface area contributed by atoms with E-state index < -0.39 is 5.97 Å². The second-order valence-electron chi connectivity index (χ2n) is 5.83. The summed E-state index contributed by atoms with van der Waals surface area (Å²) >= 11 is 0. The van der Waals surface area contributed by atoms with Gasteiger partial charge in [0.25, 0.3) is 0 Å². The van der Waals surface area contributed by atoms with Gasteiger partial charge in [-0.2, -0.15) is 0 Å². The first-order chi connectivity index (χ1) is 10.2. The largest absolute Gasteiger partial charge is 0.480 e. The van der Waals surface area contributed by atoms with E-state index in [0.717, 1.165) is 45.3 Å². The van der Waals surface area contributed by atoms with Crippen molar-refractivity contribution in [1.29, 1.82) is 0 Å². The fourth-order valence-corrected chi connectivity index (χ4v) is 3.03. The van der Waals surface area contributed by atoms with Crippen LogP contribution in [0.1, 0.15) is 31.7 Å². The minimum absolute atomic E-state index is 0.328. The molecule has 116 valence electrons. The van der Waals surface area contributed by atoms with E-state index in [0.29, 0.717) is 6.04 Å². The minimum atomic E-state index is -0.677. The van der Waals surface area contributed by atoms with Crippen LogP contribution in [0.2, 0.25) is 0 Å². The van der Waals surface area contributed by atoms with E-state index in [4.69, 9.17) is 0 Å². The van der Waals surface area contributed by atoms with Gasteiger partial charge in [-0.25, -0.2) is 0 Å².